The third-order valence-electron chi connectivity index (χ3n) is 3.91. The first-order chi connectivity index (χ1) is 10.7. The number of nitrogen functional groups attached to an aromatic ring is 1. The van der Waals surface area contributed by atoms with Crippen molar-refractivity contribution in [1.29, 1.82) is 0 Å². The van der Waals surface area contributed by atoms with Gasteiger partial charge in [-0.1, -0.05) is 49.4 Å². The second kappa shape index (κ2) is 8.23. The molecule has 0 aliphatic carbocycles. The standard InChI is InChI=1S/C19H24N2O/c1-2-16(17-6-4-3-5-7-17)14-19(22)21-13-12-15-8-10-18(20)11-9-15/h3-11,16H,2,12-14,20H2,1H3,(H,21,22). The van der Waals surface area contributed by atoms with Gasteiger partial charge in [0.2, 0.25) is 5.91 Å². The molecule has 0 aliphatic heterocycles. The van der Waals surface area contributed by atoms with Crippen molar-refractivity contribution in [2.24, 2.45) is 0 Å². The number of anilines is 1. The maximum atomic E-state index is 12.1. The van der Waals surface area contributed by atoms with E-state index in [-0.39, 0.29) is 11.8 Å². The Balaban J connectivity index is 1.78. The molecule has 1 atom stereocenters. The van der Waals surface area contributed by atoms with Gasteiger partial charge in [-0.05, 0) is 42.0 Å². The van der Waals surface area contributed by atoms with Gasteiger partial charge in [0.25, 0.3) is 0 Å². The van der Waals surface area contributed by atoms with Gasteiger partial charge in [0, 0.05) is 18.7 Å². The first kappa shape index (κ1) is 16.1. The molecule has 3 N–H and O–H groups in total. The average Bonchev–Trinajstić information content (AvgIpc) is 2.55. The van der Waals surface area contributed by atoms with E-state index in [2.05, 4.69) is 24.4 Å². The summed E-state index contributed by atoms with van der Waals surface area (Å²) >= 11 is 0. The van der Waals surface area contributed by atoms with Crippen LogP contribution in [0.15, 0.2) is 54.6 Å². The average molecular weight is 296 g/mol. The Hall–Kier alpha value is -2.29. The maximum Gasteiger partial charge on any atom is 0.220 e. The van der Waals surface area contributed by atoms with Crippen LogP contribution >= 0.6 is 0 Å². The number of hydrogen-bond acceptors (Lipinski definition) is 2. The van der Waals surface area contributed by atoms with E-state index in [1.165, 1.54) is 11.1 Å². The van der Waals surface area contributed by atoms with Crippen molar-refractivity contribution in [2.45, 2.75) is 32.1 Å². The predicted molar refractivity (Wildman–Crippen MR) is 91.7 cm³/mol. The van der Waals surface area contributed by atoms with Crippen molar-refractivity contribution in [1.82, 2.24) is 5.32 Å². The third kappa shape index (κ3) is 4.92. The molecule has 0 saturated heterocycles. The van der Waals surface area contributed by atoms with E-state index in [9.17, 15) is 4.79 Å². The Bertz CT molecular complexity index is 578. The van der Waals surface area contributed by atoms with Crippen molar-refractivity contribution in [3.05, 3.63) is 65.7 Å². The first-order valence-corrected chi connectivity index (χ1v) is 7.85. The Kier molecular flexibility index (Phi) is 6.01. The summed E-state index contributed by atoms with van der Waals surface area (Å²) in [6.45, 7) is 2.79. The molecule has 2 aromatic rings. The summed E-state index contributed by atoms with van der Waals surface area (Å²) in [6.07, 6.45) is 2.34. The van der Waals surface area contributed by atoms with Crippen LogP contribution in [0.3, 0.4) is 0 Å². The number of nitrogens with one attached hydrogen (secondary N) is 1. The summed E-state index contributed by atoms with van der Waals surface area (Å²) < 4.78 is 0. The van der Waals surface area contributed by atoms with Crippen LogP contribution in [0.4, 0.5) is 5.69 Å². The summed E-state index contributed by atoms with van der Waals surface area (Å²) in [5.41, 5.74) is 8.84. The highest BCUT2D eigenvalue weighted by atomic mass is 16.1. The fraction of sp³-hybridized carbons (Fsp3) is 0.316. The lowest BCUT2D eigenvalue weighted by molar-refractivity contribution is -0.121. The molecule has 22 heavy (non-hydrogen) atoms. The van der Waals surface area contributed by atoms with Crippen LogP contribution in [-0.4, -0.2) is 12.5 Å². The summed E-state index contributed by atoms with van der Waals surface area (Å²) in [6, 6.07) is 18.0. The summed E-state index contributed by atoms with van der Waals surface area (Å²) in [4.78, 5) is 12.1. The minimum Gasteiger partial charge on any atom is -0.399 e. The first-order valence-electron chi connectivity index (χ1n) is 7.85. The fourth-order valence-corrected chi connectivity index (χ4v) is 2.55. The fourth-order valence-electron chi connectivity index (χ4n) is 2.55. The van der Waals surface area contributed by atoms with Gasteiger partial charge in [0.05, 0.1) is 0 Å². The molecule has 0 fully saturated rings. The maximum absolute atomic E-state index is 12.1. The van der Waals surface area contributed by atoms with Crippen molar-refractivity contribution in [3.8, 4) is 0 Å². The molecule has 0 bridgehead atoms. The summed E-state index contributed by atoms with van der Waals surface area (Å²) in [5, 5.41) is 3.01. The minimum absolute atomic E-state index is 0.117. The molecule has 1 amide bonds. The molecule has 0 aliphatic rings. The lowest BCUT2D eigenvalue weighted by atomic mass is 9.93. The highest BCUT2D eigenvalue weighted by Gasteiger charge is 2.13. The predicted octanol–water partition coefficient (Wildman–Crippen LogP) is 3.51. The van der Waals surface area contributed by atoms with Crippen LogP contribution in [0.1, 0.15) is 36.8 Å². The molecule has 0 aromatic heterocycles. The molecule has 3 nitrogen and oxygen atoms in total. The molecule has 0 saturated carbocycles. The molecular weight excluding hydrogens is 272 g/mol. The molecule has 1 unspecified atom stereocenters. The van der Waals surface area contributed by atoms with Crippen LogP contribution in [0, 0.1) is 0 Å². The number of nitrogens with two attached hydrogens (primary N) is 1. The SMILES string of the molecule is CCC(CC(=O)NCCc1ccc(N)cc1)c1ccccc1. The number of carbonyl (C=O) groups is 1. The van der Waals surface area contributed by atoms with E-state index in [1.54, 1.807) is 0 Å². The molecule has 116 valence electrons. The lowest BCUT2D eigenvalue weighted by Gasteiger charge is -2.15. The molecular formula is C19H24N2O. The van der Waals surface area contributed by atoms with E-state index >= 15 is 0 Å². The van der Waals surface area contributed by atoms with Gasteiger partial charge in [0.1, 0.15) is 0 Å². The number of hydrogen-bond donors (Lipinski definition) is 2. The third-order valence-corrected chi connectivity index (χ3v) is 3.91. The quantitative estimate of drug-likeness (QED) is 0.768. The van der Waals surface area contributed by atoms with Crippen LogP contribution in [0.25, 0.3) is 0 Å². The lowest BCUT2D eigenvalue weighted by Crippen LogP contribution is -2.27. The van der Waals surface area contributed by atoms with Crippen LogP contribution in [-0.2, 0) is 11.2 Å². The van der Waals surface area contributed by atoms with E-state index in [0.717, 1.165) is 18.5 Å². The van der Waals surface area contributed by atoms with Crippen molar-refractivity contribution >= 4 is 11.6 Å². The minimum atomic E-state index is 0.117. The molecule has 2 aromatic carbocycles. The van der Waals surface area contributed by atoms with Crippen LogP contribution in [0.2, 0.25) is 0 Å². The van der Waals surface area contributed by atoms with Crippen molar-refractivity contribution in [2.75, 3.05) is 12.3 Å². The second-order valence-electron chi connectivity index (χ2n) is 5.56. The molecule has 2 rings (SSSR count). The largest absolute Gasteiger partial charge is 0.399 e. The normalized spacial score (nSPS) is 11.9. The van der Waals surface area contributed by atoms with Gasteiger partial charge in [-0.3, -0.25) is 4.79 Å². The Morgan fingerprint density at radius 2 is 1.77 bits per heavy atom. The molecule has 3 heteroatoms. The number of rotatable bonds is 7. The summed E-state index contributed by atoms with van der Waals surface area (Å²) in [5.74, 6) is 0.406. The Morgan fingerprint density at radius 3 is 2.41 bits per heavy atom. The van der Waals surface area contributed by atoms with Crippen LogP contribution in [0.5, 0.6) is 0 Å². The topological polar surface area (TPSA) is 55.1 Å². The zero-order chi connectivity index (χ0) is 15.8. The van der Waals surface area contributed by atoms with Gasteiger partial charge in [0.15, 0.2) is 0 Å². The Morgan fingerprint density at radius 1 is 1.09 bits per heavy atom. The second-order valence-corrected chi connectivity index (χ2v) is 5.56. The van der Waals surface area contributed by atoms with Gasteiger partial charge < -0.3 is 11.1 Å². The van der Waals surface area contributed by atoms with Gasteiger partial charge in [-0.2, -0.15) is 0 Å². The van der Waals surface area contributed by atoms with Crippen LogP contribution < -0.4 is 11.1 Å². The van der Waals surface area contributed by atoms with E-state index in [4.69, 9.17) is 5.73 Å². The highest BCUT2D eigenvalue weighted by Crippen LogP contribution is 2.22. The van der Waals surface area contributed by atoms with Gasteiger partial charge >= 0.3 is 0 Å². The monoisotopic (exact) mass is 296 g/mol. The summed E-state index contributed by atoms with van der Waals surface area (Å²) in [7, 11) is 0. The van der Waals surface area contributed by atoms with Gasteiger partial charge in [-0.25, -0.2) is 0 Å². The van der Waals surface area contributed by atoms with E-state index in [1.807, 2.05) is 42.5 Å². The smallest absolute Gasteiger partial charge is 0.220 e. The zero-order valence-corrected chi connectivity index (χ0v) is 13.1. The zero-order valence-electron chi connectivity index (χ0n) is 13.1. The molecule has 0 heterocycles. The van der Waals surface area contributed by atoms with Crippen molar-refractivity contribution < 1.29 is 4.79 Å². The number of amides is 1. The Labute approximate surface area is 132 Å². The molecule has 0 radical (unpaired) electrons. The van der Waals surface area contributed by atoms with Crippen molar-refractivity contribution in [3.63, 3.8) is 0 Å². The van der Waals surface area contributed by atoms with E-state index < -0.39 is 0 Å². The van der Waals surface area contributed by atoms with E-state index in [0.29, 0.717) is 13.0 Å². The number of carbonyl (C=O) groups excluding carboxylic acids is 1. The number of benzene rings is 2. The van der Waals surface area contributed by atoms with Gasteiger partial charge in [-0.15, -0.1) is 0 Å². The highest BCUT2D eigenvalue weighted by molar-refractivity contribution is 5.76. The molecule has 0 spiro atoms.